The number of alkyl carbamates (subject to hydrolysis) is 1. The lowest BCUT2D eigenvalue weighted by molar-refractivity contribution is -0.276. The molecule has 5 aromatic rings. The number of nitrogens with one attached hydrogen (secondary N) is 1. The highest BCUT2D eigenvalue weighted by Crippen LogP contribution is 2.43. The molecule has 8 rings (SSSR count). The summed E-state index contributed by atoms with van der Waals surface area (Å²) in [6.45, 7) is 4.64. The molecule has 0 spiro atoms. The Morgan fingerprint density at radius 3 is 2.21 bits per heavy atom. The molecular formula is C49H51N3O9. The third-order valence-corrected chi connectivity index (χ3v) is 11.9. The van der Waals surface area contributed by atoms with Gasteiger partial charge >= 0.3 is 6.09 Å². The summed E-state index contributed by atoms with van der Waals surface area (Å²) in [5.41, 5.74) is 8.68. The Bertz CT molecular complexity index is 2340. The number of nitrogens with zero attached hydrogens (tertiary/aromatic N) is 2. The van der Waals surface area contributed by atoms with Crippen molar-refractivity contribution in [2.24, 2.45) is 5.92 Å². The summed E-state index contributed by atoms with van der Waals surface area (Å²) in [6, 6.07) is 36.1. The van der Waals surface area contributed by atoms with E-state index in [-0.39, 0.29) is 50.2 Å². The molecule has 1 unspecified atom stereocenters. The molecule has 5 aromatic carbocycles. The van der Waals surface area contributed by atoms with E-state index >= 15 is 0 Å². The lowest BCUT2D eigenvalue weighted by atomic mass is 9.89. The first-order valence-corrected chi connectivity index (χ1v) is 20.7. The molecule has 0 aliphatic carbocycles. The molecule has 5 atom stereocenters. The standard InChI is InChI=1S/C49H51N3O9/c1-31-44(28-51-21-20-39-23-42(57-2)43(58-3)24-40(39)27-51)60-48(61-46(31)36-14-12-32(29-53)13-15-36)37-18-16-35(17-19-37)38-11-7-10-34(22-38)26-52-45(54)25-41(47(52)55)50-49(56)59-30-33-8-5-4-6-9-33/h4-19,22-24,31,41,44,46,48,53H,20-21,25-30H2,1-3H3,(H,50,56)/t31-,41?,44+,46+,48+/m0/s1. The van der Waals surface area contributed by atoms with Gasteiger partial charge in [-0.1, -0.05) is 104 Å². The van der Waals surface area contributed by atoms with E-state index in [0.29, 0.717) is 6.54 Å². The Hall–Kier alpha value is -6.05. The van der Waals surface area contributed by atoms with Gasteiger partial charge in [0.1, 0.15) is 12.6 Å². The maximum absolute atomic E-state index is 13.3. The van der Waals surface area contributed by atoms with Crippen LogP contribution in [0.1, 0.15) is 64.7 Å². The lowest BCUT2D eigenvalue weighted by Gasteiger charge is -2.43. The molecular weight excluding hydrogens is 775 g/mol. The molecule has 3 aliphatic heterocycles. The number of likely N-dealkylation sites (tertiary alicyclic amines) is 1. The Morgan fingerprint density at radius 2 is 1.49 bits per heavy atom. The van der Waals surface area contributed by atoms with E-state index < -0.39 is 24.3 Å². The molecule has 12 nitrogen and oxygen atoms in total. The summed E-state index contributed by atoms with van der Waals surface area (Å²) in [6.07, 6.45) is -1.02. The fraction of sp³-hybridized carbons (Fsp3) is 0.327. The Labute approximate surface area is 355 Å². The van der Waals surface area contributed by atoms with Gasteiger partial charge in [-0.2, -0.15) is 0 Å². The maximum Gasteiger partial charge on any atom is 0.408 e. The number of fused-ring (bicyclic) bond motifs is 1. The van der Waals surface area contributed by atoms with Crippen molar-refractivity contribution in [1.29, 1.82) is 0 Å². The largest absolute Gasteiger partial charge is 0.493 e. The van der Waals surface area contributed by atoms with Gasteiger partial charge in [0.25, 0.3) is 5.91 Å². The number of hydrogen-bond acceptors (Lipinski definition) is 10. The summed E-state index contributed by atoms with van der Waals surface area (Å²) < 4.78 is 30.0. The third-order valence-electron chi connectivity index (χ3n) is 11.9. The van der Waals surface area contributed by atoms with E-state index in [2.05, 4.69) is 29.3 Å². The fourth-order valence-corrected chi connectivity index (χ4v) is 8.41. The van der Waals surface area contributed by atoms with E-state index in [1.807, 2.05) is 103 Å². The molecule has 316 valence electrons. The van der Waals surface area contributed by atoms with Crippen LogP contribution >= 0.6 is 0 Å². The zero-order valence-electron chi connectivity index (χ0n) is 34.6. The molecule has 2 fully saturated rings. The van der Waals surface area contributed by atoms with Gasteiger partial charge in [0.15, 0.2) is 17.8 Å². The van der Waals surface area contributed by atoms with Crippen LogP contribution < -0.4 is 14.8 Å². The van der Waals surface area contributed by atoms with E-state index in [9.17, 15) is 19.5 Å². The minimum atomic E-state index is -0.983. The summed E-state index contributed by atoms with van der Waals surface area (Å²) >= 11 is 0. The third kappa shape index (κ3) is 9.48. The second-order valence-electron chi connectivity index (χ2n) is 15.9. The Balaban J connectivity index is 0.946. The normalized spacial score (nSPS) is 21.5. The number of aliphatic hydroxyl groups is 1. The van der Waals surface area contributed by atoms with Crippen LogP contribution in [0.4, 0.5) is 4.79 Å². The SMILES string of the molecule is COc1cc2c(cc1OC)CN(C[C@H]1O[C@@H](c3ccc(-c4cccc(CN5C(=O)CC(NC(=O)OCc6ccccc6)C5=O)c4)cc3)O[C@@H](c3ccc(CO)cc3)[C@H]1C)CC2. The van der Waals surface area contributed by atoms with Crippen molar-refractivity contribution in [1.82, 2.24) is 15.1 Å². The first kappa shape index (κ1) is 41.7. The average Bonchev–Trinajstić information content (AvgIpc) is 3.55. The van der Waals surface area contributed by atoms with Gasteiger partial charge in [-0.25, -0.2) is 4.79 Å². The predicted molar refractivity (Wildman–Crippen MR) is 227 cm³/mol. The number of aliphatic hydroxyl groups excluding tert-OH is 1. The number of amides is 3. The first-order chi connectivity index (χ1) is 29.7. The van der Waals surface area contributed by atoms with Crippen LogP contribution in [0.2, 0.25) is 0 Å². The molecule has 2 N–H and O–H groups in total. The van der Waals surface area contributed by atoms with E-state index in [0.717, 1.165) is 70.0 Å². The van der Waals surface area contributed by atoms with Gasteiger partial charge < -0.3 is 34.1 Å². The van der Waals surface area contributed by atoms with Crippen molar-refractivity contribution in [3.8, 4) is 22.6 Å². The number of imide groups is 1. The van der Waals surface area contributed by atoms with Crippen LogP contribution in [-0.2, 0) is 56.5 Å². The number of hydrogen-bond donors (Lipinski definition) is 2. The van der Waals surface area contributed by atoms with Crippen molar-refractivity contribution in [2.75, 3.05) is 27.3 Å². The number of carbonyl (C=O) groups excluding carboxylic acids is 3. The number of benzene rings is 5. The van der Waals surface area contributed by atoms with Gasteiger partial charge in [-0.3, -0.25) is 19.4 Å². The molecule has 3 amide bonds. The number of rotatable bonds is 13. The van der Waals surface area contributed by atoms with Crippen molar-refractivity contribution < 1.29 is 43.2 Å². The molecule has 61 heavy (non-hydrogen) atoms. The fourth-order valence-electron chi connectivity index (χ4n) is 8.41. The molecule has 12 heteroatoms. The second-order valence-corrected chi connectivity index (χ2v) is 15.9. The van der Waals surface area contributed by atoms with Crippen LogP contribution in [0.25, 0.3) is 11.1 Å². The van der Waals surface area contributed by atoms with E-state index in [1.54, 1.807) is 14.2 Å². The van der Waals surface area contributed by atoms with E-state index in [4.69, 9.17) is 23.7 Å². The van der Waals surface area contributed by atoms with Crippen LogP contribution in [0.5, 0.6) is 11.5 Å². The topological polar surface area (TPSA) is 136 Å². The molecule has 0 aromatic heterocycles. The minimum absolute atomic E-state index is 0.0268. The quantitative estimate of drug-likeness (QED) is 0.117. The van der Waals surface area contributed by atoms with E-state index in [1.165, 1.54) is 16.0 Å². The molecule has 0 saturated carbocycles. The van der Waals surface area contributed by atoms with Gasteiger partial charge in [-0.15, -0.1) is 0 Å². The van der Waals surface area contributed by atoms with Gasteiger partial charge in [0.2, 0.25) is 5.91 Å². The Morgan fingerprint density at radius 1 is 0.787 bits per heavy atom. The predicted octanol–water partition coefficient (Wildman–Crippen LogP) is 7.27. The first-order valence-electron chi connectivity index (χ1n) is 20.7. The van der Waals surface area contributed by atoms with Crippen LogP contribution in [0, 0.1) is 5.92 Å². The van der Waals surface area contributed by atoms with Gasteiger partial charge in [-0.05, 0) is 69.1 Å². The number of ether oxygens (including phenoxy) is 5. The summed E-state index contributed by atoms with van der Waals surface area (Å²) in [7, 11) is 3.32. The second kappa shape index (κ2) is 18.7. The van der Waals surface area contributed by atoms with Crippen molar-refractivity contribution in [3.63, 3.8) is 0 Å². The summed E-state index contributed by atoms with van der Waals surface area (Å²) in [5.74, 6) is 0.663. The number of methoxy groups -OCH3 is 2. The Kier molecular flexibility index (Phi) is 12.8. The minimum Gasteiger partial charge on any atom is -0.493 e. The molecule has 0 bridgehead atoms. The van der Waals surface area contributed by atoms with Crippen molar-refractivity contribution >= 4 is 17.9 Å². The molecule has 0 radical (unpaired) electrons. The molecule has 2 saturated heterocycles. The highest BCUT2D eigenvalue weighted by molar-refractivity contribution is 6.06. The molecule has 3 aliphatic rings. The van der Waals surface area contributed by atoms with Crippen LogP contribution in [0.15, 0.2) is 115 Å². The monoisotopic (exact) mass is 825 g/mol. The zero-order chi connectivity index (χ0) is 42.5. The smallest absolute Gasteiger partial charge is 0.408 e. The lowest BCUT2D eigenvalue weighted by Crippen LogP contribution is -2.45. The maximum atomic E-state index is 13.3. The van der Waals surface area contributed by atoms with Crippen LogP contribution in [0.3, 0.4) is 0 Å². The highest BCUT2D eigenvalue weighted by Gasteiger charge is 2.41. The van der Waals surface area contributed by atoms with Crippen molar-refractivity contribution in [2.45, 2.75) is 70.6 Å². The van der Waals surface area contributed by atoms with Gasteiger partial charge in [0, 0.05) is 31.1 Å². The number of carbonyl (C=O) groups is 3. The average molecular weight is 826 g/mol. The summed E-state index contributed by atoms with van der Waals surface area (Å²) in [4.78, 5) is 42.3. The van der Waals surface area contributed by atoms with Gasteiger partial charge in [0.05, 0.1) is 46.0 Å². The molecule has 3 heterocycles. The summed E-state index contributed by atoms with van der Waals surface area (Å²) in [5, 5.41) is 12.3. The van der Waals surface area contributed by atoms with Crippen LogP contribution in [-0.4, -0.2) is 72.3 Å². The van der Waals surface area contributed by atoms with Crippen molar-refractivity contribution in [3.05, 3.63) is 154 Å². The zero-order valence-corrected chi connectivity index (χ0v) is 34.6. The highest BCUT2D eigenvalue weighted by atomic mass is 16.7.